The molecular formula is C35H35FN4O4S. The second-order valence-corrected chi connectivity index (χ2v) is 12.3. The number of urea groups is 1. The number of thiophene rings is 1. The number of ketones is 1. The van der Waals surface area contributed by atoms with Crippen molar-refractivity contribution < 1.29 is 23.5 Å². The van der Waals surface area contributed by atoms with Crippen molar-refractivity contribution >= 4 is 40.4 Å². The van der Waals surface area contributed by atoms with Gasteiger partial charge in [0.15, 0.2) is 5.78 Å². The van der Waals surface area contributed by atoms with Crippen molar-refractivity contribution in [3.05, 3.63) is 106 Å². The number of para-hydroxylation sites is 1. The minimum Gasteiger partial charge on any atom is -0.379 e. The number of nitrogens with zero attached hydrogens (tertiary/aromatic N) is 2. The summed E-state index contributed by atoms with van der Waals surface area (Å²) in [6, 6.07) is 21.1. The highest BCUT2D eigenvalue weighted by Gasteiger charge is 2.28. The molecule has 0 atom stereocenters. The van der Waals surface area contributed by atoms with Gasteiger partial charge in [0.2, 0.25) is 0 Å². The molecule has 6 rings (SSSR count). The molecule has 0 radical (unpaired) electrons. The monoisotopic (exact) mass is 626 g/mol. The van der Waals surface area contributed by atoms with E-state index in [2.05, 4.69) is 15.5 Å². The smallest absolute Gasteiger partial charge is 0.319 e. The molecular weight excluding hydrogens is 591 g/mol. The largest absolute Gasteiger partial charge is 0.379 e. The molecule has 3 amide bonds. The number of halogens is 1. The van der Waals surface area contributed by atoms with Crippen LogP contribution < -0.4 is 15.5 Å². The van der Waals surface area contributed by atoms with Crippen LogP contribution in [0.3, 0.4) is 0 Å². The predicted octanol–water partition coefficient (Wildman–Crippen LogP) is 5.94. The minimum atomic E-state index is -0.368. The van der Waals surface area contributed by atoms with Gasteiger partial charge in [0, 0.05) is 60.8 Å². The van der Waals surface area contributed by atoms with Gasteiger partial charge in [-0.15, -0.1) is 11.3 Å². The SMILES string of the molecule is Cc1cccc(F)c1CC(=O)c1cc2c(s1)-c1ccccc1N(C(=O)c1ccc(NC(=O)NCCN3CCOCC3)cc1)CC2. The van der Waals surface area contributed by atoms with E-state index in [-0.39, 0.29) is 30.0 Å². The van der Waals surface area contributed by atoms with Crippen LogP contribution in [0, 0.1) is 12.7 Å². The molecule has 2 aliphatic heterocycles. The molecule has 2 N–H and O–H groups in total. The highest BCUT2D eigenvalue weighted by Crippen LogP contribution is 2.42. The van der Waals surface area contributed by atoms with Gasteiger partial charge in [-0.25, -0.2) is 9.18 Å². The molecule has 232 valence electrons. The van der Waals surface area contributed by atoms with Gasteiger partial charge in [0.1, 0.15) is 5.82 Å². The fraction of sp³-hybridized carbons (Fsp3) is 0.286. The Bertz CT molecular complexity index is 1690. The number of amides is 3. The molecule has 45 heavy (non-hydrogen) atoms. The molecule has 3 heterocycles. The molecule has 0 aliphatic carbocycles. The molecule has 0 saturated carbocycles. The van der Waals surface area contributed by atoms with E-state index >= 15 is 0 Å². The molecule has 8 nitrogen and oxygen atoms in total. The van der Waals surface area contributed by atoms with Crippen LogP contribution in [-0.2, 0) is 17.6 Å². The number of morpholine rings is 1. The number of hydrogen-bond acceptors (Lipinski definition) is 6. The Hall–Kier alpha value is -4.38. The zero-order chi connectivity index (χ0) is 31.3. The molecule has 0 spiro atoms. The molecule has 0 unspecified atom stereocenters. The average Bonchev–Trinajstić information content (AvgIpc) is 3.42. The van der Waals surface area contributed by atoms with Crippen molar-refractivity contribution in [3.63, 3.8) is 0 Å². The quantitative estimate of drug-likeness (QED) is 0.236. The van der Waals surface area contributed by atoms with Crippen molar-refractivity contribution in [1.82, 2.24) is 10.2 Å². The van der Waals surface area contributed by atoms with Crippen LogP contribution in [0.2, 0.25) is 0 Å². The minimum absolute atomic E-state index is 0.00507. The van der Waals surface area contributed by atoms with Crippen LogP contribution in [0.5, 0.6) is 0 Å². The number of anilines is 2. The van der Waals surface area contributed by atoms with Crippen LogP contribution in [-0.4, -0.2) is 68.6 Å². The van der Waals surface area contributed by atoms with Crippen molar-refractivity contribution in [2.24, 2.45) is 0 Å². The van der Waals surface area contributed by atoms with E-state index in [4.69, 9.17) is 4.74 Å². The number of benzene rings is 3. The summed E-state index contributed by atoms with van der Waals surface area (Å²) in [5.41, 5.74) is 4.93. The topological polar surface area (TPSA) is 91.0 Å². The highest BCUT2D eigenvalue weighted by atomic mass is 32.1. The van der Waals surface area contributed by atoms with Gasteiger partial charge in [-0.2, -0.15) is 0 Å². The third-order valence-corrected chi connectivity index (χ3v) is 9.52. The summed E-state index contributed by atoms with van der Waals surface area (Å²) in [5, 5.41) is 5.70. The van der Waals surface area contributed by atoms with Crippen LogP contribution >= 0.6 is 11.3 Å². The van der Waals surface area contributed by atoms with Crippen molar-refractivity contribution in [3.8, 4) is 10.4 Å². The Morgan fingerprint density at radius 1 is 0.956 bits per heavy atom. The molecule has 10 heteroatoms. The van der Waals surface area contributed by atoms with E-state index < -0.39 is 0 Å². The van der Waals surface area contributed by atoms with Crippen molar-refractivity contribution in [2.45, 2.75) is 19.8 Å². The van der Waals surface area contributed by atoms with E-state index in [1.54, 1.807) is 35.2 Å². The lowest BCUT2D eigenvalue weighted by molar-refractivity contribution is 0.0388. The summed E-state index contributed by atoms with van der Waals surface area (Å²) in [6.07, 6.45) is 0.577. The van der Waals surface area contributed by atoms with Gasteiger partial charge in [-0.05, 0) is 72.5 Å². The summed E-state index contributed by atoms with van der Waals surface area (Å²) >= 11 is 1.40. The highest BCUT2D eigenvalue weighted by molar-refractivity contribution is 7.17. The third kappa shape index (κ3) is 6.98. The lowest BCUT2D eigenvalue weighted by atomic mass is 10.0. The number of fused-ring (bicyclic) bond motifs is 3. The molecule has 0 bridgehead atoms. The molecule has 2 aliphatic rings. The standard InChI is InChI=1S/C35H35FN4O4S/c1-23-5-4-7-29(36)28(23)22-31(41)32-21-25-13-15-40(30-8-3-2-6-27(30)33(25)45-32)34(42)24-9-11-26(12-10-24)38-35(43)37-14-16-39-17-19-44-20-18-39/h2-12,21H,13-20,22H2,1H3,(H2,37,38,43). The Labute approximate surface area is 265 Å². The number of rotatable bonds is 8. The van der Waals surface area contributed by atoms with Gasteiger partial charge in [-0.3, -0.25) is 14.5 Å². The van der Waals surface area contributed by atoms with Gasteiger partial charge in [0.05, 0.1) is 23.8 Å². The zero-order valence-electron chi connectivity index (χ0n) is 25.1. The number of hydrogen-bond donors (Lipinski definition) is 2. The third-order valence-electron chi connectivity index (χ3n) is 8.27. The first-order chi connectivity index (χ1) is 21.9. The van der Waals surface area contributed by atoms with E-state index in [1.165, 1.54) is 17.4 Å². The Morgan fingerprint density at radius 2 is 1.73 bits per heavy atom. The fourth-order valence-electron chi connectivity index (χ4n) is 5.76. The summed E-state index contributed by atoms with van der Waals surface area (Å²) in [7, 11) is 0. The molecule has 3 aromatic carbocycles. The van der Waals surface area contributed by atoms with Gasteiger partial charge >= 0.3 is 6.03 Å². The normalized spacial score (nSPS) is 14.7. The van der Waals surface area contributed by atoms with Gasteiger partial charge < -0.3 is 20.3 Å². The first-order valence-corrected chi connectivity index (χ1v) is 15.9. The van der Waals surface area contributed by atoms with Gasteiger partial charge in [0.25, 0.3) is 5.91 Å². The molecule has 1 aromatic heterocycles. The second kappa shape index (κ2) is 13.7. The number of carbonyl (C=O) groups excluding carboxylic acids is 3. The van der Waals surface area contributed by atoms with E-state index in [1.807, 2.05) is 43.3 Å². The zero-order valence-corrected chi connectivity index (χ0v) is 25.9. The van der Waals surface area contributed by atoms with Crippen LogP contribution in [0.25, 0.3) is 10.4 Å². The summed E-state index contributed by atoms with van der Waals surface area (Å²) < 4.78 is 19.8. The molecule has 1 saturated heterocycles. The second-order valence-electron chi connectivity index (χ2n) is 11.2. The first kappa shape index (κ1) is 30.6. The fourth-order valence-corrected chi connectivity index (χ4v) is 6.94. The van der Waals surface area contributed by atoms with E-state index in [0.29, 0.717) is 41.2 Å². The lowest BCUT2D eigenvalue weighted by Crippen LogP contribution is -2.42. The number of ether oxygens (including phenoxy) is 1. The van der Waals surface area contributed by atoms with Crippen molar-refractivity contribution in [2.75, 3.05) is 56.2 Å². The Kier molecular flexibility index (Phi) is 9.34. The Balaban J connectivity index is 1.13. The predicted molar refractivity (Wildman–Crippen MR) is 175 cm³/mol. The van der Waals surface area contributed by atoms with Crippen molar-refractivity contribution in [1.29, 1.82) is 0 Å². The molecule has 4 aromatic rings. The maximum Gasteiger partial charge on any atom is 0.319 e. The number of Topliss-reactive ketones (excluding diaryl/α,β-unsaturated/α-hetero) is 1. The average molecular weight is 627 g/mol. The Morgan fingerprint density at radius 3 is 2.51 bits per heavy atom. The van der Waals surface area contributed by atoms with E-state index in [9.17, 15) is 18.8 Å². The van der Waals surface area contributed by atoms with Crippen LogP contribution in [0.15, 0.2) is 72.8 Å². The number of carbonyl (C=O) groups is 3. The maximum absolute atomic E-state index is 14.4. The summed E-state index contributed by atoms with van der Waals surface area (Å²) in [4.78, 5) is 45.0. The van der Waals surface area contributed by atoms with Crippen LogP contribution in [0.1, 0.15) is 36.7 Å². The van der Waals surface area contributed by atoms with Crippen LogP contribution in [0.4, 0.5) is 20.6 Å². The van der Waals surface area contributed by atoms with E-state index in [0.717, 1.165) is 60.1 Å². The summed E-state index contributed by atoms with van der Waals surface area (Å²) in [5.74, 6) is -0.635. The van der Waals surface area contributed by atoms with Gasteiger partial charge in [-0.1, -0.05) is 30.3 Å². The number of nitrogens with one attached hydrogen (secondary N) is 2. The first-order valence-electron chi connectivity index (χ1n) is 15.1. The molecule has 1 fully saturated rings. The lowest BCUT2D eigenvalue weighted by Gasteiger charge is -2.26. The number of aryl methyl sites for hydroxylation is 1. The summed E-state index contributed by atoms with van der Waals surface area (Å²) in [6.45, 7) is 6.71. The maximum atomic E-state index is 14.4.